The highest BCUT2D eigenvalue weighted by molar-refractivity contribution is 7.89. The molecule has 2 aliphatic rings. The van der Waals surface area contributed by atoms with E-state index in [1.165, 1.54) is 21.3 Å². The summed E-state index contributed by atoms with van der Waals surface area (Å²) in [5.41, 5.74) is -0.348. The van der Waals surface area contributed by atoms with Crippen molar-refractivity contribution in [3.8, 4) is 0 Å². The third-order valence-corrected chi connectivity index (χ3v) is 8.38. The molecule has 1 N–H and O–H groups in total. The average molecular weight is 542 g/mol. The molecule has 0 bridgehead atoms. The van der Waals surface area contributed by atoms with E-state index in [0.29, 0.717) is 18.4 Å². The van der Waals surface area contributed by atoms with Gasteiger partial charge in [0.25, 0.3) is 0 Å². The summed E-state index contributed by atoms with van der Waals surface area (Å²) in [6.45, 7) is 2.37. The molecule has 1 aliphatic carbocycles. The zero-order valence-electron chi connectivity index (χ0n) is 17.8. The number of aromatic nitrogens is 2. The van der Waals surface area contributed by atoms with Crippen LogP contribution in [0.15, 0.2) is 16.7 Å². The average Bonchev–Trinajstić information content (AvgIpc) is 3.37. The van der Waals surface area contributed by atoms with Crippen LogP contribution >= 0.6 is 23.2 Å². The predicted octanol–water partition coefficient (Wildman–Crippen LogP) is 3.97. The van der Waals surface area contributed by atoms with Crippen molar-refractivity contribution in [1.29, 1.82) is 0 Å². The highest BCUT2D eigenvalue weighted by Gasteiger charge is 2.53. The number of carbonyl (C=O) groups is 1. The molecule has 0 atom stereocenters. The summed E-state index contributed by atoms with van der Waals surface area (Å²) in [7, 11) is -3.32. The predicted molar refractivity (Wildman–Crippen MR) is 117 cm³/mol. The minimum Gasteiger partial charge on any atom is -0.329 e. The molecule has 9 nitrogen and oxygen atoms in total. The molecule has 0 unspecified atom stereocenters. The van der Waals surface area contributed by atoms with Crippen molar-refractivity contribution in [2.24, 2.45) is 0 Å². The molecule has 2 fully saturated rings. The maximum atomic E-state index is 12.9. The first-order chi connectivity index (χ1) is 15.9. The fourth-order valence-electron chi connectivity index (χ4n) is 3.90. The van der Waals surface area contributed by atoms with Crippen molar-refractivity contribution < 1.29 is 30.9 Å². The van der Waals surface area contributed by atoms with E-state index >= 15 is 0 Å². The quantitative estimate of drug-likeness (QED) is 0.613. The number of alkyl halides is 3. The molecule has 0 radical (unpaired) electrons. The van der Waals surface area contributed by atoms with Gasteiger partial charge < -0.3 is 14.7 Å². The van der Waals surface area contributed by atoms with Crippen LogP contribution in [-0.2, 0) is 21.6 Å². The summed E-state index contributed by atoms with van der Waals surface area (Å²) < 4.78 is 68.3. The number of rotatable bonds is 5. The number of anilines is 1. The Balaban J connectivity index is 1.48. The van der Waals surface area contributed by atoms with Gasteiger partial charge in [-0.3, -0.25) is 0 Å². The van der Waals surface area contributed by atoms with Crippen LogP contribution < -0.4 is 5.32 Å². The first-order valence-corrected chi connectivity index (χ1v) is 12.7. The van der Waals surface area contributed by atoms with E-state index in [0.717, 1.165) is 0 Å². The molecule has 1 aromatic heterocycles. The lowest BCUT2D eigenvalue weighted by molar-refractivity contribution is -0.159. The van der Waals surface area contributed by atoms with E-state index in [1.54, 1.807) is 6.92 Å². The Morgan fingerprint density at radius 1 is 1.18 bits per heavy atom. The van der Waals surface area contributed by atoms with Gasteiger partial charge >= 0.3 is 18.1 Å². The van der Waals surface area contributed by atoms with Crippen LogP contribution in [0.2, 0.25) is 10.0 Å². The first kappa shape index (κ1) is 25.0. The van der Waals surface area contributed by atoms with Gasteiger partial charge in [0.2, 0.25) is 10.0 Å². The zero-order valence-corrected chi connectivity index (χ0v) is 20.2. The molecule has 1 aromatic carbocycles. The molecule has 186 valence electrons. The number of benzene rings is 1. The summed E-state index contributed by atoms with van der Waals surface area (Å²) >= 11 is 12.9. The molecule has 2 amide bonds. The van der Waals surface area contributed by atoms with Crippen molar-refractivity contribution in [2.45, 2.75) is 31.4 Å². The van der Waals surface area contributed by atoms with Crippen LogP contribution in [0.4, 0.5) is 23.7 Å². The number of halogens is 5. The van der Waals surface area contributed by atoms with Gasteiger partial charge in [-0.05, 0) is 31.9 Å². The monoisotopic (exact) mass is 541 g/mol. The van der Waals surface area contributed by atoms with Gasteiger partial charge in [-0.15, -0.1) is 0 Å². The van der Waals surface area contributed by atoms with Crippen molar-refractivity contribution in [3.05, 3.63) is 39.5 Å². The van der Waals surface area contributed by atoms with Crippen LogP contribution in [0, 0.1) is 0 Å². The van der Waals surface area contributed by atoms with E-state index in [4.69, 9.17) is 23.2 Å². The number of amides is 2. The Labute approximate surface area is 203 Å². The Morgan fingerprint density at radius 3 is 2.24 bits per heavy atom. The van der Waals surface area contributed by atoms with E-state index < -0.39 is 33.5 Å². The lowest BCUT2D eigenvalue weighted by atomic mass is 9.94. The number of nitrogens with one attached hydrogen (secondary N) is 1. The van der Waals surface area contributed by atoms with Crippen LogP contribution in [0.5, 0.6) is 0 Å². The highest BCUT2D eigenvalue weighted by Crippen LogP contribution is 2.57. The molecule has 1 saturated carbocycles. The maximum Gasteiger partial charge on any atom is 0.471 e. The normalized spacial score (nSPS) is 18.7. The van der Waals surface area contributed by atoms with Gasteiger partial charge in [0.15, 0.2) is 5.82 Å². The standard InChI is InChI=1S/C19H20Cl2F3N5O4S/c1-2-34(31,32)29-7-5-28(6-8-29)17(30)25-11-9-12(20)14(13(21)10-11)18(3-4-18)15-26-16(33-27-15)19(22,23)24/h9-10H,2-8H2,1H3,(H,25,30). The molecule has 2 aromatic rings. The summed E-state index contributed by atoms with van der Waals surface area (Å²) in [5.74, 6) is -1.61. The minimum absolute atomic E-state index is 0.00852. The van der Waals surface area contributed by atoms with Crippen LogP contribution in [0.1, 0.15) is 37.0 Å². The third kappa shape index (κ3) is 4.70. The Hall–Kier alpha value is -2.09. The number of hydrogen-bond donors (Lipinski definition) is 1. The number of piperazine rings is 1. The lowest BCUT2D eigenvalue weighted by Gasteiger charge is -2.33. The molecular formula is C19H20Cl2F3N5O4S. The van der Waals surface area contributed by atoms with Crippen molar-refractivity contribution in [1.82, 2.24) is 19.3 Å². The fraction of sp³-hybridized carbons (Fsp3) is 0.526. The van der Waals surface area contributed by atoms with Crippen LogP contribution in [0.25, 0.3) is 0 Å². The van der Waals surface area contributed by atoms with Crippen LogP contribution in [0.3, 0.4) is 0 Å². The molecule has 4 rings (SSSR count). The molecule has 0 spiro atoms. The van der Waals surface area contributed by atoms with E-state index in [9.17, 15) is 26.4 Å². The second kappa shape index (κ2) is 8.85. The molecule has 15 heteroatoms. The summed E-state index contributed by atoms with van der Waals surface area (Å²) in [6.07, 6.45) is -3.91. The summed E-state index contributed by atoms with van der Waals surface area (Å²) in [5, 5.41) is 6.44. The van der Waals surface area contributed by atoms with Crippen molar-refractivity contribution >= 4 is 44.9 Å². The largest absolute Gasteiger partial charge is 0.471 e. The highest BCUT2D eigenvalue weighted by atomic mass is 35.5. The number of hydrogen-bond acceptors (Lipinski definition) is 6. The Kier molecular flexibility index (Phi) is 6.51. The second-order valence-electron chi connectivity index (χ2n) is 8.03. The number of nitrogens with zero attached hydrogens (tertiary/aromatic N) is 4. The minimum atomic E-state index is -4.77. The third-order valence-electron chi connectivity index (χ3n) is 5.90. The Bertz CT molecular complexity index is 1190. The van der Waals surface area contributed by atoms with E-state index in [2.05, 4.69) is 20.0 Å². The topological polar surface area (TPSA) is 109 Å². The van der Waals surface area contributed by atoms with Gasteiger partial charge in [0, 0.05) is 47.5 Å². The molecule has 2 heterocycles. The lowest BCUT2D eigenvalue weighted by Crippen LogP contribution is -2.51. The number of sulfonamides is 1. The fourth-order valence-corrected chi connectivity index (χ4v) is 5.83. The zero-order chi connectivity index (χ0) is 24.9. The SMILES string of the molecule is CCS(=O)(=O)N1CCN(C(=O)Nc2cc(Cl)c(C3(c4noc(C(F)(F)F)n4)CC3)c(Cl)c2)CC1. The van der Waals surface area contributed by atoms with E-state index in [1.807, 2.05) is 0 Å². The van der Waals surface area contributed by atoms with Gasteiger partial charge in [-0.1, -0.05) is 28.4 Å². The van der Waals surface area contributed by atoms with Gasteiger partial charge in [-0.25, -0.2) is 13.2 Å². The Morgan fingerprint density at radius 2 is 1.76 bits per heavy atom. The number of carbonyl (C=O) groups excluding carboxylic acids is 1. The summed E-state index contributed by atoms with van der Waals surface area (Å²) in [6, 6.07) is 2.44. The second-order valence-corrected chi connectivity index (χ2v) is 11.1. The molecule has 1 saturated heterocycles. The smallest absolute Gasteiger partial charge is 0.329 e. The van der Waals surface area contributed by atoms with Crippen LogP contribution in [-0.4, -0.2) is 65.7 Å². The van der Waals surface area contributed by atoms with Gasteiger partial charge in [0.1, 0.15) is 0 Å². The van der Waals surface area contributed by atoms with Gasteiger partial charge in [0.05, 0.1) is 11.2 Å². The van der Waals surface area contributed by atoms with Crippen molar-refractivity contribution in [2.75, 3.05) is 37.2 Å². The summed E-state index contributed by atoms with van der Waals surface area (Å²) in [4.78, 5) is 17.6. The number of urea groups is 1. The molecule has 1 aliphatic heterocycles. The maximum absolute atomic E-state index is 12.9. The van der Waals surface area contributed by atoms with Crippen molar-refractivity contribution in [3.63, 3.8) is 0 Å². The first-order valence-electron chi connectivity index (χ1n) is 10.3. The molecule has 34 heavy (non-hydrogen) atoms. The molecular weight excluding hydrogens is 522 g/mol. The van der Waals surface area contributed by atoms with E-state index in [-0.39, 0.29) is 53.5 Å². The van der Waals surface area contributed by atoms with Gasteiger partial charge in [-0.2, -0.15) is 22.5 Å².